The van der Waals surface area contributed by atoms with E-state index in [1.807, 2.05) is 0 Å². The molecule has 8 heteroatoms. The summed E-state index contributed by atoms with van der Waals surface area (Å²) in [6.45, 7) is 1.64. The van der Waals surface area contributed by atoms with Gasteiger partial charge in [0.25, 0.3) is 5.69 Å². The van der Waals surface area contributed by atoms with Gasteiger partial charge in [-0.3, -0.25) is 14.9 Å². The number of nitro groups is 1. The normalized spacial score (nSPS) is 21.7. The first-order chi connectivity index (χ1) is 9.40. The molecule has 1 aromatic rings. The average molecular weight is 344 g/mol. The summed E-state index contributed by atoms with van der Waals surface area (Å²) in [5.74, 6) is -0.587. The fraction of sp³-hybridized carbons (Fsp3) is 0.500. The van der Waals surface area contributed by atoms with Gasteiger partial charge in [0.2, 0.25) is 0 Å². The van der Waals surface area contributed by atoms with Crippen molar-refractivity contribution < 1.29 is 14.8 Å². The highest BCUT2D eigenvalue weighted by Crippen LogP contribution is 2.33. The van der Waals surface area contributed by atoms with Crippen molar-refractivity contribution in [3.63, 3.8) is 0 Å². The summed E-state index contributed by atoms with van der Waals surface area (Å²) in [6, 6.07) is 0.0285. The van der Waals surface area contributed by atoms with Gasteiger partial charge in [0.15, 0.2) is 0 Å². The van der Waals surface area contributed by atoms with Crippen LogP contribution in [0.25, 0.3) is 0 Å². The van der Waals surface area contributed by atoms with Gasteiger partial charge in [-0.2, -0.15) is 0 Å². The zero-order valence-corrected chi connectivity index (χ0v) is 12.4. The summed E-state index contributed by atoms with van der Waals surface area (Å²) < 4.78 is 0.547. The molecule has 0 saturated heterocycles. The third-order valence-corrected chi connectivity index (χ3v) is 4.53. The van der Waals surface area contributed by atoms with Crippen LogP contribution in [-0.4, -0.2) is 27.0 Å². The summed E-state index contributed by atoms with van der Waals surface area (Å²) in [4.78, 5) is 25.3. The van der Waals surface area contributed by atoms with Gasteiger partial charge in [0.1, 0.15) is 12.0 Å². The molecule has 1 aliphatic rings. The van der Waals surface area contributed by atoms with Crippen LogP contribution < -0.4 is 5.32 Å². The van der Waals surface area contributed by atoms with Crippen LogP contribution in [-0.2, 0) is 4.79 Å². The number of carboxylic acid groups (broad SMARTS) is 1. The van der Waals surface area contributed by atoms with Crippen molar-refractivity contribution >= 4 is 33.4 Å². The van der Waals surface area contributed by atoms with Crippen LogP contribution >= 0.6 is 15.9 Å². The summed E-state index contributed by atoms with van der Waals surface area (Å²) in [5, 5.41) is 22.9. The van der Waals surface area contributed by atoms with Crippen molar-refractivity contribution in [2.24, 2.45) is 5.92 Å². The van der Waals surface area contributed by atoms with E-state index < -0.39 is 10.9 Å². The zero-order valence-electron chi connectivity index (χ0n) is 10.8. The van der Waals surface area contributed by atoms with Crippen LogP contribution in [0.15, 0.2) is 10.7 Å². The molecular weight excluding hydrogens is 330 g/mol. The Labute approximate surface area is 123 Å². The monoisotopic (exact) mass is 343 g/mol. The van der Waals surface area contributed by atoms with E-state index in [1.165, 1.54) is 6.20 Å². The average Bonchev–Trinajstić information content (AvgIpc) is 2.83. The Bertz CT molecular complexity index is 564. The number of aliphatic carboxylic acids is 1. The summed E-state index contributed by atoms with van der Waals surface area (Å²) in [5.41, 5.74) is 0.456. The molecule has 1 aromatic heterocycles. The Morgan fingerprint density at radius 3 is 2.85 bits per heavy atom. The van der Waals surface area contributed by atoms with Gasteiger partial charge in [-0.15, -0.1) is 0 Å². The summed E-state index contributed by atoms with van der Waals surface area (Å²) in [7, 11) is 0. The lowest BCUT2D eigenvalue weighted by Crippen LogP contribution is -2.19. The number of carbonyl (C=O) groups is 1. The van der Waals surface area contributed by atoms with E-state index in [4.69, 9.17) is 5.11 Å². The lowest BCUT2D eigenvalue weighted by Gasteiger charge is -2.15. The Morgan fingerprint density at radius 2 is 2.30 bits per heavy atom. The SMILES string of the molecule is Cc1c([N+](=O)[O-])cnc(NC2CCC(C(=O)O)C2)c1Br. The lowest BCUT2D eigenvalue weighted by molar-refractivity contribution is -0.385. The maximum atomic E-state index is 10.9. The smallest absolute Gasteiger partial charge is 0.306 e. The predicted octanol–water partition coefficient (Wildman–Crippen LogP) is 2.73. The molecule has 2 N–H and O–H groups in total. The largest absolute Gasteiger partial charge is 0.481 e. The van der Waals surface area contributed by atoms with E-state index in [9.17, 15) is 14.9 Å². The molecule has 0 spiro atoms. The first-order valence-corrected chi connectivity index (χ1v) is 6.98. The van der Waals surface area contributed by atoms with Crippen LogP contribution in [0.2, 0.25) is 0 Å². The van der Waals surface area contributed by atoms with Crippen LogP contribution in [0, 0.1) is 23.0 Å². The van der Waals surface area contributed by atoms with Gasteiger partial charge >= 0.3 is 5.97 Å². The van der Waals surface area contributed by atoms with Crippen LogP contribution in [0.4, 0.5) is 11.5 Å². The number of halogens is 1. The van der Waals surface area contributed by atoms with Crippen LogP contribution in [0.3, 0.4) is 0 Å². The van der Waals surface area contributed by atoms with Crippen molar-refractivity contribution in [3.05, 3.63) is 26.3 Å². The number of anilines is 1. The molecule has 0 amide bonds. The molecule has 1 aliphatic carbocycles. The van der Waals surface area contributed by atoms with Gasteiger partial charge in [0, 0.05) is 11.6 Å². The standard InChI is InChI=1S/C12H14BrN3O4/c1-6-9(16(19)20)5-14-11(10(6)13)15-8-3-2-7(4-8)12(17)18/h5,7-8H,2-4H2,1H3,(H,14,15)(H,17,18). The van der Waals surface area contributed by atoms with Gasteiger partial charge in [-0.1, -0.05) is 0 Å². The lowest BCUT2D eigenvalue weighted by atomic mass is 10.1. The Balaban J connectivity index is 2.13. The molecule has 0 radical (unpaired) electrons. The highest BCUT2D eigenvalue weighted by Gasteiger charge is 2.30. The Kier molecular flexibility index (Phi) is 4.22. The van der Waals surface area contributed by atoms with Crippen LogP contribution in [0.5, 0.6) is 0 Å². The molecule has 2 atom stereocenters. The number of pyridine rings is 1. The third-order valence-electron chi connectivity index (χ3n) is 3.56. The van der Waals surface area contributed by atoms with E-state index in [-0.39, 0.29) is 17.6 Å². The van der Waals surface area contributed by atoms with E-state index >= 15 is 0 Å². The van der Waals surface area contributed by atoms with E-state index in [2.05, 4.69) is 26.2 Å². The van der Waals surface area contributed by atoms with E-state index in [0.29, 0.717) is 28.7 Å². The predicted molar refractivity (Wildman–Crippen MR) is 75.7 cm³/mol. The molecule has 1 heterocycles. The topological polar surface area (TPSA) is 105 Å². The van der Waals surface area contributed by atoms with Gasteiger partial charge in [0.05, 0.1) is 15.3 Å². The molecule has 2 rings (SSSR count). The minimum Gasteiger partial charge on any atom is -0.481 e. The highest BCUT2D eigenvalue weighted by atomic mass is 79.9. The molecule has 0 aromatic carbocycles. The molecule has 20 heavy (non-hydrogen) atoms. The van der Waals surface area contributed by atoms with Crippen molar-refractivity contribution in [2.45, 2.75) is 32.2 Å². The second kappa shape index (κ2) is 5.74. The molecule has 1 fully saturated rings. The minimum atomic E-state index is -0.777. The molecular formula is C12H14BrN3O4. The number of rotatable bonds is 4. The number of hydrogen-bond donors (Lipinski definition) is 2. The minimum absolute atomic E-state index is 0.0285. The van der Waals surface area contributed by atoms with Gasteiger partial charge < -0.3 is 10.4 Å². The molecule has 2 unspecified atom stereocenters. The van der Waals surface area contributed by atoms with Crippen molar-refractivity contribution in [2.75, 3.05) is 5.32 Å². The number of hydrogen-bond acceptors (Lipinski definition) is 5. The fourth-order valence-electron chi connectivity index (χ4n) is 2.38. The molecule has 1 saturated carbocycles. The zero-order chi connectivity index (χ0) is 14.9. The number of carboxylic acids is 1. The van der Waals surface area contributed by atoms with Gasteiger partial charge in [-0.25, -0.2) is 4.98 Å². The molecule has 0 aliphatic heterocycles. The highest BCUT2D eigenvalue weighted by molar-refractivity contribution is 9.10. The van der Waals surface area contributed by atoms with E-state index in [0.717, 1.165) is 6.42 Å². The van der Waals surface area contributed by atoms with Crippen molar-refractivity contribution in [1.82, 2.24) is 4.98 Å². The third kappa shape index (κ3) is 2.90. The van der Waals surface area contributed by atoms with Gasteiger partial charge in [-0.05, 0) is 42.1 Å². The number of nitrogens with one attached hydrogen (secondary N) is 1. The number of aromatic nitrogens is 1. The second-order valence-corrected chi connectivity index (χ2v) is 5.67. The first kappa shape index (κ1) is 14.7. The summed E-state index contributed by atoms with van der Waals surface area (Å²) >= 11 is 3.30. The molecule has 7 nitrogen and oxygen atoms in total. The first-order valence-electron chi connectivity index (χ1n) is 6.19. The van der Waals surface area contributed by atoms with Crippen molar-refractivity contribution in [1.29, 1.82) is 0 Å². The molecule has 108 valence electrons. The number of nitrogens with zero attached hydrogens (tertiary/aromatic N) is 2. The summed E-state index contributed by atoms with van der Waals surface area (Å²) in [6.07, 6.45) is 3.14. The maximum Gasteiger partial charge on any atom is 0.306 e. The second-order valence-electron chi connectivity index (χ2n) is 4.88. The maximum absolute atomic E-state index is 10.9. The molecule has 0 bridgehead atoms. The van der Waals surface area contributed by atoms with Crippen molar-refractivity contribution in [3.8, 4) is 0 Å². The Hall–Kier alpha value is -1.70. The quantitative estimate of drug-likeness (QED) is 0.643. The van der Waals surface area contributed by atoms with E-state index in [1.54, 1.807) is 6.92 Å². The van der Waals surface area contributed by atoms with Crippen LogP contribution in [0.1, 0.15) is 24.8 Å². The fourth-order valence-corrected chi connectivity index (χ4v) is 2.80. The Morgan fingerprint density at radius 1 is 1.60 bits per heavy atom.